The number of amides is 6. The minimum absolute atomic E-state index is 0.104. The zero-order valence-corrected chi connectivity index (χ0v) is 24.6. The number of nitrogens with one attached hydrogen (secondary N) is 2. The molecule has 3 aromatic rings. The molecule has 0 unspecified atom stereocenters. The third kappa shape index (κ3) is 9.80. The topological polar surface area (TPSA) is 251 Å². The van der Waals surface area contributed by atoms with Gasteiger partial charge < -0.3 is 32.3 Å². The molecule has 2 atom stereocenters. The van der Waals surface area contributed by atoms with Crippen LogP contribution in [0.3, 0.4) is 0 Å². The van der Waals surface area contributed by atoms with Crippen LogP contribution in [0.4, 0.5) is 11.4 Å². The lowest BCUT2D eigenvalue weighted by molar-refractivity contribution is -0.132. The Balaban J connectivity index is 1.56. The van der Waals surface area contributed by atoms with Gasteiger partial charge >= 0.3 is 0 Å². The number of carbonyl (C=O) groups is 6. The summed E-state index contributed by atoms with van der Waals surface area (Å²) in [5, 5.41) is 23.8. The van der Waals surface area contributed by atoms with Gasteiger partial charge in [0.15, 0.2) is 0 Å². The van der Waals surface area contributed by atoms with Gasteiger partial charge in [-0.25, -0.2) is 0 Å². The Labute approximate surface area is 263 Å². The summed E-state index contributed by atoms with van der Waals surface area (Å²) in [6.07, 6.45) is 4.87. The molecular weight excluding hydrogens is 600 g/mol. The molecule has 1 aromatic carbocycles. The standard InChI is InChI=1S/C30H34N8O8/c31-23(17-39)29(45)37(27(43)19-3-1-11-33-15-19)13-9-25(41)35-21-5-7-22(8-6-21)36-26(42)10-14-38(30(46)24(32)18-40)28(44)20-4-2-12-34-16-20/h1-8,11-12,15-16,23-24,39-40H,9-10,13-14,17-18,31-32H2,(H,35,41)(H,36,42)/t23-,24-/m0/s1. The number of aromatic nitrogens is 2. The number of aliphatic hydroxyl groups excluding tert-OH is 2. The Morgan fingerprint density at radius 2 is 1.02 bits per heavy atom. The van der Waals surface area contributed by atoms with Crippen molar-refractivity contribution in [2.45, 2.75) is 24.9 Å². The van der Waals surface area contributed by atoms with E-state index in [1.807, 2.05) is 0 Å². The van der Waals surface area contributed by atoms with E-state index >= 15 is 0 Å². The maximum Gasteiger partial charge on any atom is 0.262 e. The van der Waals surface area contributed by atoms with Gasteiger partial charge in [-0.15, -0.1) is 0 Å². The van der Waals surface area contributed by atoms with Gasteiger partial charge in [-0.3, -0.25) is 48.5 Å². The van der Waals surface area contributed by atoms with Crippen molar-refractivity contribution in [1.29, 1.82) is 0 Å². The summed E-state index contributed by atoms with van der Waals surface area (Å²) in [4.78, 5) is 85.5. The molecule has 46 heavy (non-hydrogen) atoms. The van der Waals surface area contributed by atoms with E-state index in [4.69, 9.17) is 11.5 Å². The molecule has 0 radical (unpaired) electrons. The molecule has 242 valence electrons. The molecule has 0 aliphatic heterocycles. The van der Waals surface area contributed by atoms with Crippen LogP contribution >= 0.6 is 0 Å². The lowest BCUT2D eigenvalue weighted by atomic mass is 10.2. The number of anilines is 2. The largest absolute Gasteiger partial charge is 0.394 e. The maximum absolute atomic E-state index is 12.9. The van der Waals surface area contributed by atoms with E-state index in [1.165, 1.54) is 73.3 Å². The summed E-state index contributed by atoms with van der Waals surface area (Å²) >= 11 is 0. The van der Waals surface area contributed by atoms with Crippen molar-refractivity contribution in [2.75, 3.05) is 36.9 Å². The van der Waals surface area contributed by atoms with Gasteiger partial charge in [-0.1, -0.05) is 0 Å². The fraction of sp³-hybridized carbons (Fsp3) is 0.267. The van der Waals surface area contributed by atoms with E-state index in [-0.39, 0.29) is 37.1 Å². The van der Waals surface area contributed by atoms with Gasteiger partial charge in [0.05, 0.1) is 24.3 Å². The first-order valence-electron chi connectivity index (χ1n) is 14.0. The Bertz CT molecular complexity index is 1410. The van der Waals surface area contributed by atoms with Crippen LogP contribution in [0.25, 0.3) is 0 Å². The SMILES string of the molecule is N[C@@H](CO)C(=O)N(CCC(=O)Nc1ccc(NC(=O)CCN(C(=O)c2cccnc2)C(=O)[C@@H](N)CO)cc1)C(=O)c1cccnc1. The summed E-state index contributed by atoms with van der Waals surface area (Å²) in [6, 6.07) is 9.22. The third-order valence-corrected chi connectivity index (χ3v) is 6.44. The molecule has 2 aromatic heterocycles. The van der Waals surface area contributed by atoms with Crippen LogP contribution in [0.2, 0.25) is 0 Å². The lowest BCUT2D eigenvalue weighted by Gasteiger charge is -2.23. The van der Waals surface area contributed by atoms with Crippen molar-refractivity contribution < 1.29 is 39.0 Å². The van der Waals surface area contributed by atoms with Crippen LogP contribution in [-0.4, -0.2) is 104 Å². The fourth-order valence-electron chi connectivity index (χ4n) is 3.98. The molecule has 0 aliphatic rings. The quantitative estimate of drug-likeness (QED) is 0.126. The monoisotopic (exact) mass is 634 g/mol. The summed E-state index contributed by atoms with van der Waals surface area (Å²) in [7, 11) is 0. The van der Waals surface area contributed by atoms with Crippen molar-refractivity contribution >= 4 is 46.8 Å². The summed E-state index contributed by atoms with van der Waals surface area (Å²) in [6.45, 7) is -2.01. The van der Waals surface area contributed by atoms with Gasteiger partial charge in [0, 0.05) is 62.1 Å². The van der Waals surface area contributed by atoms with E-state index in [9.17, 15) is 39.0 Å². The summed E-state index contributed by atoms with van der Waals surface area (Å²) in [5.41, 5.74) is 12.2. The number of aliphatic hydroxyl groups is 2. The van der Waals surface area contributed by atoms with Crippen LogP contribution in [0.1, 0.15) is 33.6 Å². The second kappa shape index (κ2) is 17.2. The molecule has 8 N–H and O–H groups in total. The molecule has 0 bridgehead atoms. The van der Waals surface area contributed by atoms with E-state index in [1.54, 1.807) is 0 Å². The highest BCUT2D eigenvalue weighted by molar-refractivity contribution is 6.07. The Morgan fingerprint density at radius 1 is 0.652 bits per heavy atom. The van der Waals surface area contributed by atoms with Gasteiger partial charge in [0.25, 0.3) is 11.8 Å². The Kier molecular flexibility index (Phi) is 13.1. The van der Waals surface area contributed by atoms with Crippen molar-refractivity contribution in [2.24, 2.45) is 11.5 Å². The smallest absolute Gasteiger partial charge is 0.262 e. The minimum Gasteiger partial charge on any atom is -0.394 e. The number of hydrogen-bond acceptors (Lipinski definition) is 12. The zero-order chi connectivity index (χ0) is 33.6. The highest BCUT2D eigenvalue weighted by Crippen LogP contribution is 2.15. The van der Waals surface area contributed by atoms with E-state index in [0.29, 0.717) is 11.4 Å². The second-order valence-corrected chi connectivity index (χ2v) is 9.83. The fourth-order valence-corrected chi connectivity index (χ4v) is 3.98. The van der Waals surface area contributed by atoms with Gasteiger partial charge in [0.2, 0.25) is 23.6 Å². The molecule has 0 saturated carbocycles. The molecule has 2 heterocycles. The van der Waals surface area contributed by atoms with Crippen LogP contribution in [0, 0.1) is 0 Å². The average Bonchev–Trinajstić information content (AvgIpc) is 3.08. The molecule has 0 aliphatic carbocycles. The Hall–Kier alpha value is -5.42. The lowest BCUT2D eigenvalue weighted by Crippen LogP contribution is -2.49. The minimum atomic E-state index is -1.35. The predicted octanol–water partition coefficient (Wildman–Crippen LogP) is -0.889. The maximum atomic E-state index is 12.9. The number of imide groups is 2. The summed E-state index contributed by atoms with van der Waals surface area (Å²) < 4.78 is 0. The molecule has 0 spiro atoms. The van der Waals surface area contributed by atoms with Crippen molar-refractivity contribution in [3.8, 4) is 0 Å². The van der Waals surface area contributed by atoms with Gasteiger partial charge in [-0.2, -0.15) is 0 Å². The number of rotatable bonds is 14. The molecular formula is C30H34N8O8. The van der Waals surface area contributed by atoms with Crippen LogP contribution in [-0.2, 0) is 19.2 Å². The molecule has 3 rings (SSSR count). The van der Waals surface area contributed by atoms with Gasteiger partial charge in [-0.05, 0) is 48.5 Å². The van der Waals surface area contributed by atoms with Crippen LogP contribution < -0.4 is 22.1 Å². The normalized spacial score (nSPS) is 11.9. The molecule has 0 saturated heterocycles. The first-order chi connectivity index (χ1) is 22.0. The number of nitrogens with two attached hydrogens (primary N) is 2. The third-order valence-electron chi connectivity index (χ3n) is 6.44. The van der Waals surface area contributed by atoms with E-state index in [0.717, 1.165) is 9.80 Å². The van der Waals surface area contributed by atoms with E-state index in [2.05, 4.69) is 20.6 Å². The van der Waals surface area contributed by atoms with Crippen LogP contribution in [0.5, 0.6) is 0 Å². The van der Waals surface area contributed by atoms with Crippen LogP contribution in [0.15, 0.2) is 73.3 Å². The van der Waals surface area contributed by atoms with Crippen molar-refractivity contribution in [1.82, 2.24) is 19.8 Å². The van der Waals surface area contributed by atoms with E-state index < -0.39 is 60.7 Å². The zero-order valence-electron chi connectivity index (χ0n) is 24.6. The number of benzene rings is 1. The Morgan fingerprint density at radius 3 is 1.33 bits per heavy atom. The summed E-state index contributed by atoms with van der Waals surface area (Å²) in [5.74, 6) is -4.21. The number of carbonyl (C=O) groups excluding carboxylic acids is 6. The highest BCUT2D eigenvalue weighted by Gasteiger charge is 2.29. The number of hydrogen-bond donors (Lipinski definition) is 6. The van der Waals surface area contributed by atoms with Crippen molar-refractivity contribution in [3.05, 3.63) is 84.4 Å². The van der Waals surface area contributed by atoms with Crippen molar-refractivity contribution in [3.63, 3.8) is 0 Å². The highest BCUT2D eigenvalue weighted by atomic mass is 16.3. The predicted molar refractivity (Wildman–Crippen MR) is 164 cm³/mol. The first kappa shape index (κ1) is 35.1. The first-order valence-corrected chi connectivity index (χ1v) is 14.0. The number of nitrogens with zero attached hydrogens (tertiary/aromatic N) is 4. The average molecular weight is 635 g/mol. The molecule has 0 fully saturated rings. The molecule has 16 heteroatoms. The number of pyridine rings is 2. The molecule has 6 amide bonds. The van der Waals surface area contributed by atoms with Gasteiger partial charge in [0.1, 0.15) is 12.1 Å². The second-order valence-electron chi connectivity index (χ2n) is 9.83. The molecule has 16 nitrogen and oxygen atoms in total.